The van der Waals surface area contributed by atoms with Crippen molar-refractivity contribution in [3.8, 4) is 11.3 Å². The van der Waals surface area contributed by atoms with Gasteiger partial charge in [-0.25, -0.2) is 19.3 Å². The van der Waals surface area contributed by atoms with Gasteiger partial charge in [0.2, 0.25) is 0 Å². The maximum Gasteiger partial charge on any atom is 0.253 e. The predicted molar refractivity (Wildman–Crippen MR) is 121 cm³/mol. The highest BCUT2D eigenvalue weighted by Crippen LogP contribution is 2.26. The van der Waals surface area contributed by atoms with Crippen molar-refractivity contribution in [1.29, 1.82) is 0 Å². The molecular formula is C24H21FN6O. The predicted octanol–water partition coefficient (Wildman–Crippen LogP) is 3.62. The molecule has 4 aromatic rings. The van der Waals surface area contributed by atoms with Crippen LogP contribution < -0.4 is 10.6 Å². The molecule has 1 aliphatic heterocycles. The normalized spacial score (nSPS) is 13.8. The van der Waals surface area contributed by atoms with Gasteiger partial charge in [-0.15, -0.1) is 0 Å². The van der Waals surface area contributed by atoms with Crippen LogP contribution in [-0.2, 0) is 0 Å². The van der Waals surface area contributed by atoms with Crippen molar-refractivity contribution in [2.24, 2.45) is 0 Å². The summed E-state index contributed by atoms with van der Waals surface area (Å²) in [7, 11) is 0. The Morgan fingerprint density at radius 3 is 2.62 bits per heavy atom. The molecule has 32 heavy (non-hydrogen) atoms. The van der Waals surface area contributed by atoms with Crippen LogP contribution in [0.5, 0.6) is 0 Å². The van der Waals surface area contributed by atoms with Gasteiger partial charge < -0.3 is 15.5 Å². The van der Waals surface area contributed by atoms with E-state index in [1.165, 1.54) is 18.5 Å². The number of fused-ring (bicyclic) bond motifs is 1. The number of aromatic nitrogens is 3. The molecule has 1 fully saturated rings. The number of hydrogen-bond acceptors (Lipinski definition) is 6. The highest BCUT2D eigenvalue weighted by molar-refractivity contribution is 5.96. The first-order chi connectivity index (χ1) is 15.7. The van der Waals surface area contributed by atoms with Crippen molar-refractivity contribution in [3.63, 3.8) is 0 Å². The van der Waals surface area contributed by atoms with Crippen molar-refractivity contribution >= 4 is 28.4 Å². The fourth-order valence-electron chi connectivity index (χ4n) is 3.72. The Hall–Kier alpha value is -3.91. The molecule has 0 radical (unpaired) electrons. The summed E-state index contributed by atoms with van der Waals surface area (Å²) in [6.07, 6.45) is 1.46. The Kier molecular flexibility index (Phi) is 5.43. The molecule has 1 amide bonds. The summed E-state index contributed by atoms with van der Waals surface area (Å²) in [4.78, 5) is 28.2. The minimum absolute atomic E-state index is 0.0242. The van der Waals surface area contributed by atoms with Gasteiger partial charge in [-0.3, -0.25) is 4.79 Å². The zero-order chi connectivity index (χ0) is 21.9. The van der Waals surface area contributed by atoms with E-state index in [-0.39, 0.29) is 11.7 Å². The van der Waals surface area contributed by atoms with Crippen LogP contribution in [0.25, 0.3) is 22.3 Å². The van der Waals surface area contributed by atoms with E-state index in [1.807, 2.05) is 41.3 Å². The van der Waals surface area contributed by atoms with Crippen LogP contribution in [0.15, 0.2) is 67.0 Å². The van der Waals surface area contributed by atoms with E-state index in [1.54, 1.807) is 12.1 Å². The first-order valence-corrected chi connectivity index (χ1v) is 10.4. The molecule has 0 bridgehead atoms. The summed E-state index contributed by atoms with van der Waals surface area (Å²) in [5.74, 6) is 0.242. The molecule has 2 N–H and O–H groups in total. The van der Waals surface area contributed by atoms with E-state index in [0.717, 1.165) is 18.7 Å². The molecule has 0 spiro atoms. The van der Waals surface area contributed by atoms with E-state index >= 15 is 0 Å². The van der Waals surface area contributed by atoms with Crippen molar-refractivity contribution in [2.45, 2.75) is 0 Å². The standard InChI is InChI=1S/C24H21FN6O/c25-18-4-6-19(7-5-18)29-23-22-21(27-15-28-23)9-8-20(30-22)16-2-1-3-17(14-16)24(32)31-12-10-26-11-13-31/h1-9,14-15,26H,10-13H2,(H,27,28,29). The number of nitrogens with one attached hydrogen (secondary N) is 2. The number of carbonyl (C=O) groups excluding carboxylic acids is 1. The smallest absolute Gasteiger partial charge is 0.253 e. The van der Waals surface area contributed by atoms with Gasteiger partial charge in [-0.05, 0) is 48.5 Å². The minimum atomic E-state index is -0.307. The molecule has 160 valence electrons. The number of amides is 1. The summed E-state index contributed by atoms with van der Waals surface area (Å²) in [5.41, 5.74) is 4.16. The Balaban J connectivity index is 1.48. The molecule has 1 saturated heterocycles. The first kappa shape index (κ1) is 20.0. The Morgan fingerprint density at radius 2 is 1.81 bits per heavy atom. The number of nitrogens with zero attached hydrogens (tertiary/aromatic N) is 4. The summed E-state index contributed by atoms with van der Waals surface area (Å²) in [6, 6.07) is 17.3. The largest absolute Gasteiger partial charge is 0.338 e. The summed E-state index contributed by atoms with van der Waals surface area (Å²) >= 11 is 0. The van der Waals surface area contributed by atoms with E-state index in [4.69, 9.17) is 4.98 Å². The zero-order valence-corrected chi connectivity index (χ0v) is 17.3. The second-order valence-corrected chi connectivity index (χ2v) is 7.54. The molecule has 0 aliphatic carbocycles. The molecule has 0 atom stereocenters. The topological polar surface area (TPSA) is 83.0 Å². The van der Waals surface area contributed by atoms with Crippen LogP contribution in [0.2, 0.25) is 0 Å². The Morgan fingerprint density at radius 1 is 1.00 bits per heavy atom. The molecule has 0 saturated carbocycles. The second kappa shape index (κ2) is 8.68. The van der Waals surface area contributed by atoms with Crippen LogP contribution in [-0.4, -0.2) is 51.9 Å². The van der Waals surface area contributed by atoms with E-state index < -0.39 is 0 Å². The van der Waals surface area contributed by atoms with Gasteiger partial charge >= 0.3 is 0 Å². The first-order valence-electron chi connectivity index (χ1n) is 10.4. The number of piperazine rings is 1. The van der Waals surface area contributed by atoms with Crippen LogP contribution in [0.1, 0.15) is 10.4 Å². The van der Waals surface area contributed by atoms with E-state index in [0.29, 0.717) is 46.9 Å². The van der Waals surface area contributed by atoms with Gasteiger partial charge in [0, 0.05) is 43.0 Å². The highest BCUT2D eigenvalue weighted by Gasteiger charge is 2.18. The molecular weight excluding hydrogens is 407 g/mol. The number of hydrogen-bond donors (Lipinski definition) is 2. The van der Waals surface area contributed by atoms with Crippen LogP contribution >= 0.6 is 0 Å². The molecule has 2 aromatic carbocycles. The third-order valence-electron chi connectivity index (χ3n) is 5.40. The van der Waals surface area contributed by atoms with Gasteiger partial charge in [0.25, 0.3) is 5.91 Å². The third-order valence-corrected chi connectivity index (χ3v) is 5.40. The molecule has 0 unspecified atom stereocenters. The average Bonchev–Trinajstić information content (AvgIpc) is 2.85. The number of rotatable bonds is 4. The van der Waals surface area contributed by atoms with Gasteiger partial charge in [-0.2, -0.15) is 0 Å². The number of pyridine rings is 1. The fraction of sp³-hybridized carbons (Fsp3) is 0.167. The second-order valence-electron chi connectivity index (χ2n) is 7.54. The van der Waals surface area contributed by atoms with Crippen molar-refractivity contribution in [2.75, 3.05) is 31.5 Å². The Bertz CT molecular complexity index is 1270. The molecule has 8 heteroatoms. The van der Waals surface area contributed by atoms with Crippen molar-refractivity contribution < 1.29 is 9.18 Å². The van der Waals surface area contributed by atoms with Gasteiger partial charge in [0.1, 0.15) is 17.7 Å². The SMILES string of the molecule is O=C(c1cccc(-c2ccc3ncnc(Nc4ccc(F)cc4)c3n2)c1)N1CCNCC1. The zero-order valence-electron chi connectivity index (χ0n) is 17.3. The van der Waals surface area contributed by atoms with Crippen LogP contribution in [0.3, 0.4) is 0 Å². The number of halogens is 1. The monoisotopic (exact) mass is 428 g/mol. The lowest BCUT2D eigenvalue weighted by Gasteiger charge is -2.27. The lowest BCUT2D eigenvalue weighted by atomic mass is 10.1. The van der Waals surface area contributed by atoms with E-state index in [9.17, 15) is 9.18 Å². The minimum Gasteiger partial charge on any atom is -0.338 e. The van der Waals surface area contributed by atoms with Gasteiger partial charge in [-0.1, -0.05) is 12.1 Å². The fourth-order valence-corrected chi connectivity index (χ4v) is 3.72. The summed E-state index contributed by atoms with van der Waals surface area (Å²) < 4.78 is 13.2. The van der Waals surface area contributed by atoms with Crippen LogP contribution in [0, 0.1) is 5.82 Å². The van der Waals surface area contributed by atoms with Crippen LogP contribution in [0.4, 0.5) is 15.9 Å². The molecule has 7 nitrogen and oxygen atoms in total. The maximum absolute atomic E-state index is 13.2. The maximum atomic E-state index is 13.2. The van der Waals surface area contributed by atoms with Crippen molar-refractivity contribution in [1.82, 2.24) is 25.2 Å². The van der Waals surface area contributed by atoms with E-state index in [2.05, 4.69) is 20.6 Å². The van der Waals surface area contributed by atoms with Gasteiger partial charge in [0.15, 0.2) is 5.82 Å². The number of anilines is 2. The quantitative estimate of drug-likeness (QED) is 0.517. The molecule has 5 rings (SSSR count). The number of carbonyl (C=O) groups is 1. The summed E-state index contributed by atoms with van der Waals surface area (Å²) in [5, 5.41) is 6.44. The summed E-state index contributed by atoms with van der Waals surface area (Å²) in [6.45, 7) is 3.02. The number of benzene rings is 2. The molecule has 3 heterocycles. The Labute approximate surface area is 184 Å². The highest BCUT2D eigenvalue weighted by atomic mass is 19.1. The molecule has 1 aliphatic rings. The third kappa shape index (κ3) is 4.13. The van der Waals surface area contributed by atoms with Crippen molar-refractivity contribution in [3.05, 3.63) is 78.4 Å². The lowest BCUT2D eigenvalue weighted by molar-refractivity contribution is 0.0736. The van der Waals surface area contributed by atoms with Gasteiger partial charge in [0.05, 0.1) is 11.2 Å². The lowest BCUT2D eigenvalue weighted by Crippen LogP contribution is -2.46. The molecule has 2 aromatic heterocycles. The average molecular weight is 428 g/mol.